The molecule has 1 aliphatic heterocycles. The normalized spacial score (nSPS) is 14.1. The summed E-state index contributed by atoms with van der Waals surface area (Å²) < 4.78 is 5.62. The Morgan fingerprint density at radius 1 is 1.36 bits per heavy atom. The minimum atomic E-state index is 0.736. The van der Waals surface area contributed by atoms with Gasteiger partial charge in [0.2, 0.25) is 5.88 Å². The fourth-order valence-electron chi connectivity index (χ4n) is 1.71. The predicted molar refractivity (Wildman–Crippen MR) is 58.7 cm³/mol. The van der Waals surface area contributed by atoms with Gasteiger partial charge in [-0.05, 0) is 18.2 Å². The van der Waals surface area contributed by atoms with Gasteiger partial charge >= 0.3 is 0 Å². The van der Waals surface area contributed by atoms with Crippen LogP contribution < -0.4 is 5.32 Å². The molecule has 1 aromatic carbocycles. The molecule has 2 nitrogen and oxygen atoms in total. The van der Waals surface area contributed by atoms with Crippen molar-refractivity contribution in [3.63, 3.8) is 0 Å². The number of halogens is 1. The van der Waals surface area contributed by atoms with E-state index in [9.17, 15) is 0 Å². The highest BCUT2D eigenvalue weighted by molar-refractivity contribution is 6.31. The van der Waals surface area contributed by atoms with Gasteiger partial charge in [-0.2, -0.15) is 0 Å². The van der Waals surface area contributed by atoms with Crippen LogP contribution in [-0.2, 0) is 0 Å². The van der Waals surface area contributed by atoms with Crippen molar-refractivity contribution in [1.29, 1.82) is 0 Å². The van der Waals surface area contributed by atoms with Crippen molar-refractivity contribution in [3.8, 4) is 0 Å². The number of nitrogens with one attached hydrogen (secondary N) is 1. The fourth-order valence-corrected chi connectivity index (χ4v) is 1.89. The topological polar surface area (TPSA) is 25.2 Å². The lowest BCUT2D eigenvalue weighted by Crippen LogP contribution is -2.01. The quantitative estimate of drug-likeness (QED) is 0.712. The van der Waals surface area contributed by atoms with Crippen LogP contribution in [0.15, 0.2) is 28.7 Å². The highest BCUT2D eigenvalue weighted by Gasteiger charge is 2.13. The molecule has 0 radical (unpaired) electrons. The number of rotatable bonds is 0. The second-order valence-electron chi connectivity index (χ2n) is 3.27. The largest absolute Gasteiger partial charge is 0.440 e. The van der Waals surface area contributed by atoms with Gasteiger partial charge < -0.3 is 9.73 Å². The Kier molecular flexibility index (Phi) is 1.58. The standard InChI is InChI=1S/C11H8ClNO/c12-7-3-4-10-9(6-7)8-2-1-5-13-11(8)14-10/h1-4,6,13H,5H2. The van der Waals surface area contributed by atoms with Crippen molar-refractivity contribution in [2.75, 3.05) is 11.9 Å². The molecule has 0 saturated carbocycles. The number of anilines is 1. The van der Waals surface area contributed by atoms with Gasteiger partial charge in [-0.3, -0.25) is 0 Å². The lowest BCUT2D eigenvalue weighted by atomic mass is 10.1. The molecule has 0 atom stereocenters. The van der Waals surface area contributed by atoms with Gasteiger partial charge in [0.1, 0.15) is 5.58 Å². The van der Waals surface area contributed by atoms with E-state index in [1.165, 1.54) is 0 Å². The lowest BCUT2D eigenvalue weighted by molar-refractivity contribution is 0.628. The highest BCUT2D eigenvalue weighted by atomic mass is 35.5. The third-order valence-corrected chi connectivity index (χ3v) is 2.59. The summed E-state index contributed by atoms with van der Waals surface area (Å²) >= 11 is 5.93. The first-order valence-corrected chi connectivity index (χ1v) is 4.85. The Morgan fingerprint density at radius 2 is 2.29 bits per heavy atom. The van der Waals surface area contributed by atoms with Crippen LogP contribution in [0.3, 0.4) is 0 Å². The average Bonchev–Trinajstić information content (AvgIpc) is 2.56. The molecule has 3 heteroatoms. The van der Waals surface area contributed by atoms with E-state index in [1.807, 2.05) is 18.2 Å². The Bertz CT molecular complexity index is 527. The van der Waals surface area contributed by atoms with Crippen LogP contribution in [-0.4, -0.2) is 6.54 Å². The van der Waals surface area contributed by atoms with E-state index in [2.05, 4.69) is 17.5 Å². The molecule has 1 N–H and O–H groups in total. The van der Waals surface area contributed by atoms with Crippen molar-refractivity contribution in [2.45, 2.75) is 0 Å². The van der Waals surface area contributed by atoms with Crippen LogP contribution in [0.5, 0.6) is 0 Å². The summed E-state index contributed by atoms with van der Waals surface area (Å²) in [5.74, 6) is 0.838. The molecule has 14 heavy (non-hydrogen) atoms. The summed E-state index contributed by atoms with van der Waals surface area (Å²) in [5, 5.41) is 4.98. The fraction of sp³-hybridized carbons (Fsp3) is 0.0909. The maximum absolute atomic E-state index is 5.93. The molecule has 1 aromatic heterocycles. The molecule has 0 fully saturated rings. The minimum absolute atomic E-state index is 0.736. The Balaban J connectivity index is 2.39. The van der Waals surface area contributed by atoms with E-state index in [4.69, 9.17) is 16.0 Å². The van der Waals surface area contributed by atoms with Gasteiger partial charge in [0, 0.05) is 22.5 Å². The van der Waals surface area contributed by atoms with Crippen LogP contribution in [0.4, 0.5) is 5.88 Å². The van der Waals surface area contributed by atoms with Gasteiger partial charge in [0.05, 0.1) is 0 Å². The molecule has 0 amide bonds. The van der Waals surface area contributed by atoms with Crippen molar-refractivity contribution in [3.05, 3.63) is 34.9 Å². The highest BCUT2D eigenvalue weighted by Crippen LogP contribution is 2.34. The summed E-state index contributed by atoms with van der Waals surface area (Å²) in [4.78, 5) is 0. The summed E-state index contributed by atoms with van der Waals surface area (Å²) in [7, 11) is 0. The van der Waals surface area contributed by atoms with Crippen LogP contribution in [0.25, 0.3) is 17.0 Å². The van der Waals surface area contributed by atoms with Gasteiger partial charge in [0.25, 0.3) is 0 Å². The summed E-state index contributed by atoms with van der Waals surface area (Å²) in [6.45, 7) is 0.820. The van der Waals surface area contributed by atoms with E-state index >= 15 is 0 Å². The molecule has 1 aliphatic rings. The lowest BCUT2D eigenvalue weighted by Gasteiger charge is -2.04. The van der Waals surface area contributed by atoms with Crippen LogP contribution in [0, 0.1) is 0 Å². The molecule has 0 bridgehead atoms. The molecule has 2 aromatic rings. The zero-order chi connectivity index (χ0) is 9.54. The van der Waals surface area contributed by atoms with Crippen LogP contribution >= 0.6 is 11.6 Å². The molecule has 0 aliphatic carbocycles. The minimum Gasteiger partial charge on any atom is -0.440 e. The average molecular weight is 206 g/mol. The van der Waals surface area contributed by atoms with E-state index in [0.29, 0.717) is 0 Å². The molecular formula is C11H8ClNO. The van der Waals surface area contributed by atoms with Gasteiger partial charge in [-0.15, -0.1) is 0 Å². The zero-order valence-electron chi connectivity index (χ0n) is 7.38. The second kappa shape index (κ2) is 2.79. The van der Waals surface area contributed by atoms with Crippen LogP contribution in [0.1, 0.15) is 5.56 Å². The van der Waals surface area contributed by atoms with Crippen molar-refractivity contribution >= 4 is 34.5 Å². The summed E-state index contributed by atoms with van der Waals surface area (Å²) in [6, 6.07) is 5.66. The van der Waals surface area contributed by atoms with Crippen molar-refractivity contribution in [2.24, 2.45) is 0 Å². The second-order valence-corrected chi connectivity index (χ2v) is 3.71. The molecule has 0 spiro atoms. The zero-order valence-corrected chi connectivity index (χ0v) is 8.14. The van der Waals surface area contributed by atoms with Crippen molar-refractivity contribution < 1.29 is 4.42 Å². The first-order chi connectivity index (χ1) is 6.84. The third-order valence-electron chi connectivity index (χ3n) is 2.35. The first kappa shape index (κ1) is 7.94. The summed E-state index contributed by atoms with van der Waals surface area (Å²) in [6.07, 6.45) is 4.13. The van der Waals surface area contributed by atoms with Gasteiger partial charge in [0.15, 0.2) is 0 Å². The molecule has 70 valence electrons. The first-order valence-electron chi connectivity index (χ1n) is 4.47. The van der Waals surface area contributed by atoms with Crippen molar-refractivity contribution in [1.82, 2.24) is 0 Å². The Hall–Kier alpha value is -1.41. The monoisotopic (exact) mass is 205 g/mol. The molecule has 2 heterocycles. The third kappa shape index (κ3) is 1.04. The van der Waals surface area contributed by atoms with E-state index in [-0.39, 0.29) is 0 Å². The number of furan rings is 1. The molecule has 0 saturated heterocycles. The molecular weight excluding hydrogens is 198 g/mol. The number of fused-ring (bicyclic) bond motifs is 3. The maximum atomic E-state index is 5.93. The Morgan fingerprint density at radius 3 is 3.21 bits per heavy atom. The maximum Gasteiger partial charge on any atom is 0.201 e. The van der Waals surface area contributed by atoms with Crippen LogP contribution in [0.2, 0.25) is 5.02 Å². The number of hydrogen-bond acceptors (Lipinski definition) is 2. The predicted octanol–water partition coefficient (Wildman–Crippen LogP) is 3.52. The number of hydrogen-bond donors (Lipinski definition) is 1. The van der Waals surface area contributed by atoms with Gasteiger partial charge in [-0.25, -0.2) is 0 Å². The van der Waals surface area contributed by atoms with E-state index in [1.54, 1.807) is 0 Å². The summed E-state index contributed by atoms with van der Waals surface area (Å²) in [5.41, 5.74) is 1.97. The smallest absolute Gasteiger partial charge is 0.201 e. The van der Waals surface area contributed by atoms with E-state index in [0.717, 1.165) is 34.0 Å². The molecule has 3 rings (SSSR count). The number of benzene rings is 1. The SMILES string of the molecule is Clc1ccc2oc3c(c2c1)C=CCN3. The molecule has 0 unspecified atom stereocenters. The van der Waals surface area contributed by atoms with Gasteiger partial charge in [-0.1, -0.05) is 23.8 Å². The Labute approximate surface area is 86.2 Å². The van der Waals surface area contributed by atoms with E-state index < -0.39 is 0 Å².